The molecule has 9 nitrogen and oxygen atoms in total. The molecular formula is C28H25Cl2N5O4. The third kappa shape index (κ3) is 5.84. The van der Waals surface area contributed by atoms with Gasteiger partial charge in [-0.3, -0.25) is 19.4 Å². The Hall–Kier alpha value is -4.08. The molecule has 39 heavy (non-hydrogen) atoms. The summed E-state index contributed by atoms with van der Waals surface area (Å²) >= 11 is 12.4. The van der Waals surface area contributed by atoms with Crippen LogP contribution in [0.2, 0.25) is 10.0 Å². The zero-order chi connectivity index (χ0) is 27.5. The van der Waals surface area contributed by atoms with Crippen LogP contribution in [0.4, 0.5) is 5.69 Å². The number of hydrogen-bond donors (Lipinski definition) is 4. The Morgan fingerprint density at radius 1 is 1.08 bits per heavy atom. The lowest BCUT2D eigenvalue weighted by Crippen LogP contribution is -2.42. The lowest BCUT2D eigenvalue weighted by atomic mass is 10.0. The van der Waals surface area contributed by atoms with Crippen LogP contribution in [0.1, 0.15) is 56.9 Å². The summed E-state index contributed by atoms with van der Waals surface area (Å²) in [5, 5.41) is 19.6. The molecule has 11 heteroatoms. The van der Waals surface area contributed by atoms with Gasteiger partial charge in [0.1, 0.15) is 6.17 Å². The summed E-state index contributed by atoms with van der Waals surface area (Å²) in [7, 11) is 0. The SMILES string of the molecule is O=C(O)CC(c1cc(Cl)cc(Cl)c1)N1C(=O)c2ccccc2C1NC(=O)c1ccc(NC2=NCCCN2)cc1. The monoisotopic (exact) mass is 565 g/mol. The summed E-state index contributed by atoms with van der Waals surface area (Å²) in [4.78, 5) is 44.7. The standard InChI is InChI=1S/C28H25Cl2N5O4/c29-18-12-17(13-19(30)14-18)23(15-24(36)37)35-25(21-4-1-2-5-22(21)27(35)39)34-26(38)16-6-8-20(9-7-16)33-28-31-10-3-11-32-28/h1-2,4-9,12-14,23,25H,3,10-11,15H2,(H,34,38)(H,36,37)(H2,31,32,33). The van der Waals surface area contributed by atoms with Crippen LogP contribution in [-0.2, 0) is 4.79 Å². The van der Waals surface area contributed by atoms with Crippen LogP contribution in [0.15, 0.2) is 71.7 Å². The Bertz CT molecular complexity index is 1440. The van der Waals surface area contributed by atoms with E-state index < -0.39 is 36.4 Å². The first-order chi connectivity index (χ1) is 18.8. The normalized spacial score (nSPS) is 17.1. The van der Waals surface area contributed by atoms with Crippen molar-refractivity contribution < 1.29 is 19.5 Å². The van der Waals surface area contributed by atoms with Crippen LogP contribution in [-0.4, -0.2) is 46.8 Å². The minimum atomic E-state index is -1.12. The Balaban J connectivity index is 1.44. The first kappa shape index (κ1) is 26.5. The molecular weight excluding hydrogens is 541 g/mol. The average molecular weight is 566 g/mol. The van der Waals surface area contributed by atoms with Crippen molar-refractivity contribution in [3.8, 4) is 0 Å². The van der Waals surface area contributed by atoms with Gasteiger partial charge in [-0.25, -0.2) is 0 Å². The molecule has 0 bridgehead atoms. The number of nitrogens with one attached hydrogen (secondary N) is 3. The van der Waals surface area contributed by atoms with E-state index in [1.54, 1.807) is 60.7 Å². The number of amides is 2. The van der Waals surface area contributed by atoms with Crippen molar-refractivity contribution in [1.82, 2.24) is 15.5 Å². The number of carbonyl (C=O) groups excluding carboxylic acids is 2. The van der Waals surface area contributed by atoms with Gasteiger partial charge in [0.2, 0.25) is 0 Å². The Morgan fingerprint density at radius 3 is 2.46 bits per heavy atom. The number of carboxylic acid groups (broad SMARTS) is 1. The van der Waals surface area contributed by atoms with Crippen molar-refractivity contribution in [3.63, 3.8) is 0 Å². The van der Waals surface area contributed by atoms with Gasteiger partial charge in [-0.05, 0) is 60.5 Å². The highest BCUT2D eigenvalue weighted by molar-refractivity contribution is 6.34. The zero-order valence-corrected chi connectivity index (χ0v) is 22.2. The molecule has 2 aliphatic heterocycles. The van der Waals surface area contributed by atoms with Crippen LogP contribution in [0.3, 0.4) is 0 Å². The van der Waals surface area contributed by atoms with Gasteiger partial charge in [0.05, 0.1) is 12.5 Å². The van der Waals surface area contributed by atoms with E-state index in [0.29, 0.717) is 38.3 Å². The van der Waals surface area contributed by atoms with E-state index in [1.807, 2.05) is 0 Å². The summed E-state index contributed by atoms with van der Waals surface area (Å²) in [6.45, 7) is 1.59. The number of hydrogen-bond acceptors (Lipinski definition) is 6. The van der Waals surface area contributed by atoms with Crippen molar-refractivity contribution in [1.29, 1.82) is 0 Å². The molecule has 2 heterocycles. The topological polar surface area (TPSA) is 123 Å². The van der Waals surface area contributed by atoms with E-state index in [9.17, 15) is 19.5 Å². The number of fused-ring (bicyclic) bond motifs is 1. The van der Waals surface area contributed by atoms with Crippen LogP contribution >= 0.6 is 23.2 Å². The molecule has 0 aliphatic carbocycles. The van der Waals surface area contributed by atoms with E-state index >= 15 is 0 Å². The van der Waals surface area contributed by atoms with Gasteiger partial charge in [-0.1, -0.05) is 41.4 Å². The van der Waals surface area contributed by atoms with Gasteiger partial charge >= 0.3 is 5.97 Å². The average Bonchev–Trinajstić information content (AvgIpc) is 3.18. The van der Waals surface area contributed by atoms with Crippen LogP contribution in [0.5, 0.6) is 0 Å². The van der Waals surface area contributed by atoms with Gasteiger partial charge in [-0.2, -0.15) is 0 Å². The molecule has 0 spiro atoms. The van der Waals surface area contributed by atoms with E-state index in [4.69, 9.17) is 23.2 Å². The van der Waals surface area contributed by atoms with Crippen molar-refractivity contribution in [3.05, 3.63) is 99.0 Å². The molecule has 3 aromatic rings. The third-order valence-corrected chi connectivity index (χ3v) is 6.98. The lowest BCUT2D eigenvalue weighted by Gasteiger charge is -2.33. The number of carboxylic acids is 1. The Labute approximate surface area is 234 Å². The predicted octanol–water partition coefficient (Wildman–Crippen LogP) is 4.86. The van der Waals surface area contributed by atoms with Gasteiger partial charge in [-0.15, -0.1) is 0 Å². The first-order valence-corrected chi connectivity index (χ1v) is 13.1. The Morgan fingerprint density at radius 2 is 1.79 bits per heavy atom. The van der Waals surface area contributed by atoms with E-state index in [-0.39, 0.29) is 0 Å². The lowest BCUT2D eigenvalue weighted by molar-refractivity contribution is -0.138. The summed E-state index contributed by atoms with van der Waals surface area (Å²) in [5.74, 6) is -1.27. The second-order valence-electron chi connectivity index (χ2n) is 9.21. The molecule has 5 rings (SSSR count). The van der Waals surface area contributed by atoms with Crippen molar-refractivity contribution in [2.24, 2.45) is 4.99 Å². The molecule has 0 saturated carbocycles. The fourth-order valence-corrected chi connectivity index (χ4v) is 5.32. The number of halogens is 2. The van der Waals surface area contributed by atoms with Gasteiger partial charge < -0.3 is 26.0 Å². The maximum Gasteiger partial charge on any atom is 0.305 e. The highest BCUT2D eigenvalue weighted by Gasteiger charge is 2.42. The van der Waals surface area contributed by atoms with Crippen molar-refractivity contribution >= 4 is 52.6 Å². The Kier molecular flexibility index (Phi) is 7.72. The minimum absolute atomic E-state index is 0.306. The molecule has 200 valence electrons. The number of carbonyl (C=O) groups is 3. The number of anilines is 1. The molecule has 0 radical (unpaired) electrons. The summed E-state index contributed by atoms with van der Waals surface area (Å²) in [5.41, 5.74) is 2.54. The molecule has 0 aromatic heterocycles. The van der Waals surface area contributed by atoms with E-state index in [2.05, 4.69) is 20.9 Å². The maximum absolute atomic E-state index is 13.6. The highest BCUT2D eigenvalue weighted by Crippen LogP contribution is 2.41. The molecule has 2 aliphatic rings. The predicted molar refractivity (Wildman–Crippen MR) is 149 cm³/mol. The molecule has 2 unspecified atom stereocenters. The number of aliphatic imine (C=N–C) groups is 1. The van der Waals surface area contributed by atoms with Crippen LogP contribution < -0.4 is 16.0 Å². The van der Waals surface area contributed by atoms with Crippen molar-refractivity contribution in [2.75, 3.05) is 18.4 Å². The largest absolute Gasteiger partial charge is 0.481 e. The summed E-state index contributed by atoms with van der Waals surface area (Å²) in [6, 6.07) is 17.5. The molecule has 4 N–H and O–H groups in total. The van der Waals surface area contributed by atoms with Crippen LogP contribution in [0.25, 0.3) is 0 Å². The second-order valence-corrected chi connectivity index (χ2v) is 10.1. The fraction of sp³-hybridized carbons (Fsp3) is 0.214. The first-order valence-electron chi connectivity index (χ1n) is 12.4. The minimum Gasteiger partial charge on any atom is -0.481 e. The van der Waals surface area contributed by atoms with Gasteiger partial charge in [0, 0.05) is 45.5 Å². The summed E-state index contributed by atoms with van der Waals surface area (Å²) < 4.78 is 0. The van der Waals surface area contributed by atoms with E-state index in [1.165, 1.54) is 11.0 Å². The number of rotatable bonds is 7. The van der Waals surface area contributed by atoms with Crippen LogP contribution in [0, 0.1) is 0 Å². The second kappa shape index (κ2) is 11.3. The molecule has 2 amide bonds. The van der Waals surface area contributed by atoms with E-state index in [0.717, 1.165) is 25.2 Å². The zero-order valence-electron chi connectivity index (χ0n) is 20.7. The smallest absolute Gasteiger partial charge is 0.305 e. The number of guanidine groups is 1. The number of aliphatic carboxylic acids is 1. The highest BCUT2D eigenvalue weighted by atomic mass is 35.5. The summed E-state index contributed by atoms with van der Waals surface area (Å²) in [6.07, 6.45) is -0.353. The fourth-order valence-electron chi connectivity index (χ4n) is 4.78. The molecule has 0 fully saturated rings. The number of benzene rings is 3. The molecule has 2 atom stereocenters. The molecule has 3 aromatic carbocycles. The van der Waals surface area contributed by atoms with Crippen molar-refractivity contribution in [2.45, 2.75) is 25.0 Å². The number of nitrogens with zero attached hydrogens (tertiary/aromatic N) is 2. The quantitative estimate of drug-likeness (QED) is 0.324. The van der Waals surface area contributed by atoms with Gasteiger partial charge in [0.15, 0.2) is 5.96 Å². The van der Waals surface area contributed by atoms with Gasteiger partial charge in [0.25, 0.3) is 11.8 Å². The molecule has 0 saturated heterocycles. The maximum atomic E-state index is 13.6. The third-order valence-electron chi connectivity index (χ3n) is 6.55.